The van der Waals surface area contributed by atoms with Crippen molar-refractivity contribution >= 4 is 11.9 Å². The van der Waals surface area contributed by atoms with Gasteiger partial charge in [0.2, 0.25) is 0 Å². The van der Waals surface area contributed by atoms with Gasteiger partial charge in [-0.05, 0) is 71.2 Å². The largest absolute Gasteiger partial charge is 0.443 e. The molecule has 1 atom stereocenters. The summed E-state index contributed by atoms with van der Waals surface area (Å²) in [5.41, 5.74) is 0.750. The lowest BCUT2D eigenvalue weighted by atomic mass is 9.96. The number of aromatic nitrogens is 1. The average molecular weight is 376 g/mol. The second kappa shape index (κ2) is 10.1. The van der Waals surface area contributed by atoms with Gasteiger partial charge in [-0.2, -0.15) is 0 Å². The van der Waals surface area contributed by atoms with E-state index in [0.717, 1.165) is 13.0 Å². The molecule has 1 fully saturated rings. The van der Waals surface area contributed by atoms with Crippen LogP contribution in [0.3, 0.4) is 0 Å². The normalized spacial score (nSPS) is 18.3. The van der Waals surface area contributed by atoms with Crippen molar-refractivity contribution in [1.82, 2.24) is 9.88 Å². The molecule has 0 N–H and O–H groups in total. The van der Waals surface area contributed by atoms with Gasteiger partial charge < -0.3 is 4.74 Å². The molecule has 2 heterocycles. The fourth-order valence-electron chi connectivity index (χ4n) is 3.59. The van der Waals surface area contributed by atoms with Gasteiger partial charge in [0.05, 0.1) is 0 Å². The molecule has 1 aromatic rings. The number of likely N-dealkylation sites (tertiary alicyclic amines) is 1. The zero-order valence-electron chi connectivity index (χ0n) is 17.8. The van der Waals surface area contributed by atoms with Crippen LogP contribution in [0.1, 0.15) is 84.7 Å². The van der Waals surface area contributed by atoms with Gasteiger partial charge in [0.1, 0.15) is 11.4 Å². The van der Waals surface area contributed by atoms with E-state index in [0.29, 0.717) is 18.4 Å². The zero-order valence-corrected chi connectivity index (χ0v) is 17.8. The number of carbonyl (C=O) groups excluding carboxylic acids is 1. The first-order valence-electron chi connectivity index (χ1n) is 10.6. The van der Waals surface area contributed by atoms with Crippen LogP contribution < -0.4 is 4.90 Å². The van der Waals surface area contributed by atoms with E-state index in [1.165, 1.54) is 44.2 Å². The third-order valence-electron chi connectivity index (χ3n) is 4.91. The molecule has 0 aliphatic carbocycles. The number of hydrogen-bond acceptors (Lipinski definition) is 4. The summed E-state index contributed by atoms with van der Waals surface area (Å²) in [4.78, 5) is 21.4. The molecule has 1 aliphatic heterocycles. The van der Waals surface area contributed by atoms with Crippen LogP contribution >= 0.6 is 0 Å². The maximum Gasteiger partial charge on any atom is 0.416 e. The van der Waals surface area contributed by atoms with Crippen LogP contribution in [0.5, 0.6) is 0 Å². The molecule has 1 unspecified atom stereocenters. The molecule has 0 radical (unpaired) electrons. The molecule has 0 aromatic carbocycles. The smallest absolute Gasteiger partial charge is 0.416 e. The predicted octanol–water partition coefficient (Wildman–Crippen LogP) is 5.56. The third-order valence-corrected chi connectivity index (χ3v) is 4.91. The van der Waals surface area contributed by atoms with Crippen LogP contribution in [0.25, 0.3) is 0 Å². The summed E-state index contributed by atoms with van der Waals surface area (Å²) in [7, 11) is 0. The number of amides is 1. The molecule has 5 nitrogen and oxygen atoms in total. The summed E-state index contributed by atoms with van der Waals surface area (Å²) < 4.78 is 5.55. The highest BCUT2D eigenvalue weighted by Crippen LogP contribution is 2.31. The number of ether oxygens (including phenoxy) is 1. The predicted molar refractivity (Wildman–Crippen MR) is 111 cm³/mol. The van der Waals surface area contributed by atoms with Crippen molar-refractivity contribution in [2.24, 2.45) is 0 Å². The van der Waals surface area contributed by atoms with E-state index >= 15 is 0 Å². The lowest BCUT2D eigenvalue weighted by molar-refractivity contribution is 0.0579. The third kappa shape index (κ3) is 6.49. The van der Waals surface area contributed by atoms with Gasteiger partial charge >= 0.3 is 6.09 Å². The molecule has 1 saturated heterocycles. The van der Waals surface area contributed by atoms with E-state index < -0.39 is 5.60 Å². The Labute approximate surface area is 165 Å². The Kier molecular flexibility index (Phi) is 8.08. The number of pyridine rings is 1. The summed E-state index contributed by atoms with van der Waals surface area (Å²) in [6.07, 6.45) is 8.70. The number of hydrogen-bond donors (Lipinski definition) is 0. The molecule has 0 spiro atoms. The second-order valence-electron chi connectivity index (χ2n) is 8.48. The van der Waals surface area contributed by atoms with E-state index in [1.54, 1.807) is 4.90 Å². The molecule has 0 saturated carbocycles. The first-order valence-corrected chi connectivity index (χ1v) is 10.6. The zero-order chi connectivity index (χ0) is 19.9. The molecule has 152 valence electrons. The van der Waals surface area contributed by atoms with Gasteiger partial charge in [-0.1, -0.05) is 32.8 Å². The summed E-state index contributed by atoms with van der Waals surface area (Å²) in [5, 5.41) is 0. The average Bonchev–Trinajstić information content (AvgIpc) is 2.63. The van der Waals surface area contributed by atoms with Crippen LogP contribution in [0.4, 0.5) is 10.6 Å². The molecule has 5 heteroatoms. The number of piperidine rings is 1. The molecule has 2 rings (SSSR count). The van der Waals surface area contributed by atoms with Crippen LogP contribution in [0.2, 0.25) is 0 Å². The van der Waals surface area contributed by atoms with Crippen LogP contribution in [-0.4, -0.2) is 41.2 Å². The first-order chi connectivity index (χ1) is 12.9. The van der Waals surface area contributed by atoms with Crippen molar-refractivity contribution in [3.63, 3.8) is 0 Å². The Balaban J connectivity index is 2.14. The standard InChI is InChI=1S/C22H37N3O2/c1-6-8-15-24-16-10-9-11-19(24)18-12-13-20(23-17-18)25(14-7-2)21(26)27-22(3,4)5/h12-13,17,19H,6-11,14-16H2,1-5H3. The van der Waals surface area contributed by atoms with Gasteiger partial charge in [0.15, 0.2) is 0 Å². The Morgan fingerprint density at radius 2 is 2.04 bits per heavy atom. The Morgan fingerprint density at radius 3 is 2.63 bits per heavy atom. The highest BCUT2D eigenvalue weighted by Gasteiger charge is 2.26. The first kappa shape index (κ1) is 21.7. The second-order valence-corrected chi connectivity index (χ2v) is 8.48. The minimum absolute atomic E-state index is 0.327. The molecule has 1 aromatic heterocycles. The summed E-state index contributed by atoms with van der Waals surface area (Å²) in [6, 6.07) is 4.57. The number of carbonyl (C=O) groups is 1. The van der Waals surface area contributed by atoms with Gasteiger partial charge in [-0.25, -0.2) is 9.78 Å². The molecule has 1 aliphatic rings. The van der Waals surface area contributed by atoms with Crippen molar-refractivity contribution in [1.29, 1.82) is 0 Å². The van der Waals surface area contributed by atoms with Crippen LogP contribution in [-0.2, 0) is 4.74 Å². The van der Waals surface area contributed by atoms with E-state index in [1.807, 2.05) is 33.0 Å². The number of rotatable bonds is 7. The van der Waals surface area contributed by atoms with E-state index in [-0.39, 0.29) is 6.09 Å². The Hall–Kier alpha value is -1.62. The lowest BCUT2D eigenvalue weighted by Gasteiger charge is -2.36. The maximum absolute atomic E-state index is 12.6. The molecule has 0 bridgehead atoms. The SMILES string of the molecule is CCCCN1CCCCC1c1ccc(N(CCC)C(=O)OC(C)(C)C)nc1. The molecular weight excluding hydrogens is 338 g/mol. The van der Waals surface area contributed by atoms with Crippen molar-refractivity contribution in [3.05, 3.63) is 23.9 Å². The van der Waals surface area contributed by atoms with Crippen molar-refractivity contribution in [2.45, 2.75) is 84.8 Å². The van der Waals surface area contributed by atoms with Gasteiger partial charge in [0, 0.05) is 18.8 Å². The van der Waals surface area contributed by atoms with Gasteiger partial charge in [-0.3, -0.25) is 9.80 Å². The van der Waals surface area contributed by atoms with E-state index in [2.05, 4.69) is 29.8 Å². The van der Waals surface area contributed by atoms with Crippen LogP contribution in [0, 0.1) is 0 Å². The van der Waals surface area contributed by atoms with E-state index in [4.69, 9.17) is 4.74 Å². The fourth-order valence-corrected chi connectivity index (χ4v) is 3.59. The van der Waals surface area contributed by atoms with Gasteiger partial charge in [0.25, 0.3) is 0 Å². The maximum atomic E-state index is 12.6. The van der Waals surface area contributed by atoms with E-state index in [9.17, 15) is 4.79 Å². The topological polar surface area (TPSA) is 45.7 Å². The van der Waals surface area contributed by atoms with Crippen molar-refractivity contribution in [3.8, 4) is 0 Å². The monoisotopic (exact) mass is 375 g/mol. The minimum Gasteiger partial charge on any atom is -0.443 e. The fraction of sp³-hybridized carbons (Fsp3) is 0.727. The van der Waals surface area contributed by atoms with Crippen molar-refractivity contribution < 1.29 is 9.53 Å². The summed E-state index contributed by atoms with van der Waals surface area (Å²) in [5.74, 6) is 0.672. The quantitative estimate of drug-likeness (QED) is 0.626. The molecule has 1 amide bonds. The minimum atomic E-state index is -0.509. The van der Waals surface area contributed by atoms with Crippen LogP contribution in [0.15, 0.2) is 18.3 Å². The molecule has 27 heavy (non-hydrogen) atoms. The number of nitrogens with zero attached hydrogens (tertiary/aromatic N) is 3. The number of anilines is 1. The number of unbranched alkanes of at least 4 members (excludes halogenated alkanes) is 1. The lowest BCUT2D eigenvalue weighted by Crippen LogP contribution is -2.38. The molecular formula is C22H37N3O2. The summed E-state index contributed by atoms with van der Waals surface area (Å²) in [6.45, 7) is 12.9. The summed E-state index contributed by atoms with van der Waals surface area (Å²) >= 11 is 0. The Bertz CT molecular complexity index is 580. The highest BCUT2D eigenvalue weighted by molar-refractivity contribution is 5.86. The van der Waals surface area contributed by atoms with Crippen molar-refractivity contribution in [2.75, 3.05) is 24.5 Å². The highest BCUT2D eigenvalue weighted by atomic mass is 16.6. The Morgan fingerprint density at radius 1 is 1.26 bits per heavy atom. The van der Waals surface area contributed by atoms with Gasteiger partial charge in [-0.15, -0.1) is 0 Å².